The summed E-state index contributed by atoms with van der Waals surface area (Å²) in [6.45, 7) is 0. The van der Waals surface area contributed by atoms with E-state index in [1.165, 1.54) is 111 Å². The molecule has 10 aromatic rings. The van der Waals surface area contributed by atoms with Crippen LogP contribution in [-0.4, -0.2) is 0 Å². The molecule has 0 nitrogen and oxygen atoms in total. The van der Waals surface area contributed by atoms with E-state index in [1.54, 1.807) is 0 Å². The van der Waals surface area contributed by atoms with Crippen molar-refractivity contribution in [3.8, 4) is 66.8 Å². The molecule has 3 aliphatic carbocycles. The number of hydrogen-bond donors (Lipinski definition) is 0. The van der Waals surface area contributed by atoms with E-state index in [0.717, 1.165) is 0 Å². The minimum Gasteiger partial charge on any atom is -0.0622 e. The van der Waals surface area contributed by atoms with Gasteiger partial charge in [0, 0.05) is 0 Å². The van der Waals surface area contributed by atoms with Crippen molar-refractivity contribution in [3.63, 3.8) is 0 Å². The zero-order valence-electron chi connectivity index (χ0n) is 34.1. The van der Waals surface area contributed by atoms with E-state index in [-0.39, 0.29) is 0 Å². The van der Waals surface area contributed by atoms with Gasteiger partial charge in [-0.05, 0) is 111 Å². The maximum Gasteiger partial charge on any atom is 0.0713 e. The summed E-state index contributed by atoms with van der Waals surface area (Å²) in [5.41, 5.74) is 24.6. The van der Waals surface area contributed by atoms with Gasteiger partial charge in [-0.25, -0.2) is 0 Å². The van der Waals surface area contributed by atoms with E-state index in [2.05, 4.69) is 243 Å². The fourth-order valence-electron chi connectivity index (χ4n) is 11.9. The molecule has 0 heteroatoms. The molecule has 62 heavy (non-hydrogen) atoms. The van der Waals surface area contributed by atoms with Crippen LogP contribution in [0, 0.1) is 0 Å². The summed E-state index contributed by atoms with van der Waals surface area (Å²) < 4.78 is 0. The zero-order chi connectivity index (χ0) is 40.8. The van der Waals surface area contributed by atoms with Crippen LogP contribution in [0.2, 0.25) is 0 Å². The first-order valence-electron chi connectivity index (χ1n) is 21.8. The van der Waals surface area contributed by atoms with Gasteiger partial charge in [-0.1, -0.05) is 243 Å². The molecule has 10 aromatic carbocycles. The average molecular weight is 785 g/mol. The molecule has 0 amide bonds. The molecule has 13 rings (SSSR count). The third-order valence-corrected chi connectivity index (χ3v) is 14.2. The second-order valence-corrected chi connectivity index (χ2v) is 17.0. The molecule has 0 spiro atoms. The van der Waals surface area contributed by atoms with Crippen LogP contribution in [0.15, 0.2) is 243 Å². The summed E-state index contributed by atoms with van der Waals surface area (Å²) in [5.74, 6) is 0. The van der Waals surface area contributed by atoms with Gasteiger partial charge < -0.3 is 0 Å². The van der Waals surface area contributed by atoms with Crippen LogP contribution in [0.25, 0.3) is 66.8 Å². The van der Waals surface area contributed by atoms with Gasteiger partial charge >= 0.3 is 0 Å². The Hall–Kier alpha value is -7.80. The molecular formula is C62H40. The van der Waals surface area contributed by atoms with Gasteiger partial charge in [-0.2, -0.15) is 0 Å². The molecule has 0 unspecified atom stereocenters. The summed E-state index contributed by atoms with van der Waals surface area (Å²) in [7, 11) is 0. The summed E-state index contributed by atoms with van der Waals surface area (Å²) in [4.78, 5) is 0. The second-order valence-electron chi connectivity index (χ2n) is 17.0. The van der Waals surface area contributed by atoms with Crippen molar-refractivity contribution in [2.45, 2.75) is 10.8 Å². The lowest BCUT2D eigenvalue weighted by atomic mass is 9.66. The number of rotatable bonds is 4. The minimum atomic E-state index is -0.511. The van der Waals surface area contributed by atoms with Gasteiger partial charge in [0.15, 0.2) is 0 Å². The summed E-state index contributed by atoms with van der Waals surface area (Å²) in [6, 6.07) is 91.2. The molecule has 0 bridgehead atoms. The maximum absolute atomic E-state index is 2.47. The third kappa shape index (κ3) is 4.51. The van der Waals surface area contributed by atoms with E-state index in [1.807, 2.05) is 0 Å². The molecule has 0 atom stereocenters. The molecule has 0 radical (unpaired) electrons. The molecule has 0 saturated carbocycles. The van der Waals surface area contributed by atoms with Gasteiger partial charge in [0.2, 0.25) is 0 Å². The first kappa shape index (κ1) is 35.0. The van der Waals surface area contributed by atoms with E-state index in [4.69, 9.17) is 0 Å². The van der Waals surface area contributed by atoms with Crippen molar-refractivity contribution < 1.29 is 0 Å². The fourth-order valence-corrected chi connectivity index (χ4v) is 11.9. The molecule has 0 aliphatic heterocycles. The van der Waals surface area contributed by atoms with Crippen LogP contribution in [0.1, 0.15) is 44.5 Å². The standard InChI is InChI=1S/C62H40/c1-5-21-41(22-6-1)61(42-23-7-2-8-24-42)53-35-19-17-33-51(53)59-55(61)39-37-49-50-38-40-56-60(58(50)48-32-16-14-30-46(48)45-29-13-15-31-47(45)57(49)59)52-34-18-20-36-54(52)62(56,43-25-9-3-10-26-43)44-27-11-4-12-28-44/h1-40H. The van der Waals surface area contributed by atoms with Crippen molar-refractivity contribution in [1.82, 2.24) is 0 Å². The lowest BCUT2D eigenvalue weighted by Crippen LogP contribution is -2.28. The van der Waals surface area contributed by atoms with Gasteiger partial charge in [0.1, 0.15) is 0 Å². The molecular weight excluding hydrogens is 745 g/mol. The molecule has 0 heterocycles. The highest BCUT2D eigenvalue weighted by Gasteiger charge is 2.50. The second kappa shape index (κ2) is 13.4. The Morgan fingerprint density at radius 3 is 0.774 bits per heavy atom. The Bertz CT molecular complexity index is 3070. The van der Waals surface area contributed by atoms with Crippen LogP contribution in [-0.2, 0) is 10.8 Å². The monoisotopic (exact) mass is 784 g/mol. The normalized spacial score (nSPS) is 14.1. The minimum absolute atomic E-state index is 0.511. The average Bonchev–Trinajstić information content (AvgIpc) is 3.83. The zero-order valence-corrected chi connectivity index (χ0v) is 34.1. The van der Waals surface area contributed by atoms with E-state index in [9.17, 15) is 0 Å². The molecule has 0 N–H and O–H groups in total. The van der Waals surface area contributed by atoms with Crippen molar-refractivity contribution in [1.29, 1.82) is 0 Å². The quantitative estimate of drug-likeness (QED) is 0.167. The van der Waals surface area contributed by atoms with E-state index < -0.39 is 10.8 Å². The lowest BCUT2D eigenvalue weighted by Gasteiger charge is -2.35. The Morgan fingerprint density at radius 2 is 0.435 bits per heavy atom. The Balaban J connectivity index is 1.21. The maximum atomic E-state index is 2.47. The van der Waals surface area contributed by atoms with Crippen LogP contribution >= 0.6 is 0 Å². The topological polar surface area (TPSA) is 0 Å². The summed E-state index contributed by atoms with van der Waals surface area (Å²) in [6.07, 6.45) is 0. The predicted molar refractivity (Wildman–Crippen MR) is 256 cm³/mol. The van der Waals surface area contributed by atoms with Gasteiger partial charge in [-0.15, -0.1) is 0 Å². The number of fused-ring (bicyclic) bond motifs is 16. The van der Waals surface area contributed by atoms with E-state index in [0.29, 0.717) is 0 Å². The number of hydrogen-bond acceptors (Lipinski definition) is 0. The van der Waals surface area contributed by atoms with Gasteiger partial charge in [0.05, 0.1) is 10.8 Å². The molecule has 0 aromatic heterocycles. The highest BCUT2D eigenvalue weighted by molar-refractivity contribution is 6.13. The Morgan fingerprint density at radius 1 is 0.161 bits per heavy atom. The van der Waals surface area contributed by atoms with Crippen LogP contribution in [0.5, 0.6) is 0 Å². The Kier molecular flexibility index (Phi) is 7.54. The highest BCUT2D eigenvalue weighted by Crippen LogP contribution is 2.64. The largest absolute Gasteiger partial charge is 0.0713 e. The van der Waals surface area contributed by atoms with Crippen LogP contribution in [0.4, 0.5) is 0 Å². The van der Waals surface area contributed by atoms with Gasteiger partial charge in [0.25, 0.3) is 0 Å². The van der Waals surface area contributed by atoms with Crippen LogP contribution in [0.3, 0.4) is 0 Å². The van der Waals surface area contributed by atoms with E-state index >= 15 is 0 Å². The molecule has 0 fully saturated rings. The fraction of sp³-hybridized carbons (Fsp3) is 0.0323. The van der Waals surface area contributed by atoms with Crippen molar-refractivity contribution >= 4 is 0 Å². The molecule has 0 saturated heterocycles. The van der Waals surface area contributed by atoms with Gasteiger partial charge in [-0.3, -0.25) is 0 Å². The summed E-state index contributed by atoms with van der Waals surface area (Å²) >= 11 is 0. The summed E-state index contributed by atoms with van der Waals surface area (Å²) in [5, 5.41) is 0. The highest BCUT2D eigenvalue weighted by atomic mass is 14.5. The van der Waals surface area contributed by atoms with Crippen molar-refractivity contribution in [2.24, 2.45) is 0 Å². The third-order valence-electron chi connectivity index (χ3n) is 14.2. The Labute approximate surface area is 363 Å². The number of benzene rings is 10. The lowest BCUT2D eigenvalue weighted by molar-refractivity contribution is 0.768. The first-order valence-corrected chi connectivity index (χ1v) is 21.8. The first-order chi connectivity index (χ1) is 30.8. The predicted octanol–water partition coefficient (Wildman–Crippen LogP) is 15.4. The molecule has 288 valence electrons. The van der Waals surface area contributed by atoms with Crippen molar-refractivity contribution in [3.05, 3.63) is 287 Å². The SMILES string of the molecule is c1ccc(C2(c3ccccc3)c3ccccc3-c3c2ccc2c3-c3ccccc3-c3ccccc3-c3c-2ccc2c3-c3ccccc3C2(c2ccccc2)c2ccccc2)cc1. The van der Waals surface area contributed by atoms with Crippen molar-refractivity contribution in [2.75, 3.05) is 0 Å². The van der Waals surface area contributed by atoms with Crippen LogP contribution < -0.4 is 0 Å². The molecule has 3 aliphatic rings. The smallest absolute Gasteiger partial charge is 0.0622 e.